The largest absolute Gasteiger partial charge is 0.486 e. The molecule has 1 atom stereocenters. The van der Waals surface area contributed by atoms with Crippen molar-refractivity contribution in [3.8, 4) is 17.6 Å². The Hall–Kier alpha value is -2.20. The molecule has 1 aromatic carbocycles. The highest BCUT2D eigenvalue weighted by Crippen LogP contribution is 2.13. The molecule has 1 unspecified atom stereocenters. The molecule has 0 radical (unpaired) electrons. The summed E-state index contributed by atoms with van der Waals surface area (Å²) in [5, 5.41) is 2.06. The van der Waals surface area contributed by atoms with Crippen molar-refractivity contribution < 1.29 is 4.74 Å². The molecule has 0 spiro atoms. The van der Waals surface area contributed by atoms with E-state index in [-0.39, 0.29) is 6.10 Å². The Morgan fingerprint density at radius 3 is 2.06 bits per heavy atom. The van der Waals surface area contributed by atoms with E-state index in [1.807, 2.05) is 52.8 Å². The van der Waals surface area contributed by atoms with Crippen molar-refractivity contribution in [1.29, 1.82) is 0 Å². The molecule has 174 valence electrons. The van der Waals surface area contributed by atoms with E-state index in [0.717, 1.165) is 39.3 Å². The van der Waals surface area contributed by atoms with Crippen molar-refractivity contribution in [2.24, 2.45) is 11.3 Å². The molecule has 0 saturated carbocycles. The van der Waals surface area contributed by atoms with Gasteiger partial charge < -0.3 is 4.74 Å². The molecule has 0 saturated heterocycles. The zero-order valence-corrected chi connectivity index (χ0v) is 22.5. The quantitative estimate of drug-likeness (QED) is 0.349. The summed E-state index contributed by atoms with van der Waals surface area (Å²) >= 11 is 0. The third-order valence-electron chi connectivity index (χ3n) is 3.85. The van der Waals surface area contributed by atoms with Crippen molar-refractivity contribution in [1.82, 2.24) is 0 Å². The molecule has 0 aliphatic carbocycles. The fourth-order valence-corrected chi connectivity index (χ4v) is 2.03. The lowest BCUT2D eigenvalue weighted by Gasteiger charge is -2.15. The predicted octanol–water partition coefficient (Wildman–Crippen LogP) is 7.60. The summed E-state index contributed by atoms with van der Waals surface area (Å²) in [6, 6.07) is 4.06. The van der Waals surface area contributed by atoms with Gasteiger partial charge in [0.15, 0.2) is 0 Å². The maximum Gasteiger partial charge on any atom is 0.121 e. The molecule has 0 aliphatic heterocycles. The third kappa shape index (κ3) is 16.2. The van der Waals surface area contributed by atoms with E-state index < -0.39 is 0 Å². The molecule has 1 aromatic rings. The highest BCUT2D eigenvalue weighted by atomic mass is 16.5. The Kier molecular flexibility index (Phi) is 15.6. The van der Waals surface area contributed by atoms with Crippen molar-refractivity contribution >= 4 is 12.7 Å². The van der Waals surface area contributed by atoms with Gasteiger partial charge in [-0.1, -0.05) is 86.5 Å². The minimum atomic E-state index is -0.0139. The zero-order valence-electron chi connectivity index (χ0n) is 22.5. The molecule has 0 amide bonds. The third-order valence-corrected chi connectivity index (χ3v) is 3.85. The van der Waals surface area contributed by atoms with Gasteiger partial charge in [0.05, 0.1) is 0 Å². The average Bonchev–Trinajstić information content (AvgIpc) is 2.64. The van der Waals surface area contributed by atoms with E-state index in [1.165, 1.54) is 0 Å². The lowest BCUT2D eigenvalue weighted by molar-refractivity contribution is 0.257. The van der Waals surface area contributed by atoms with Gasteiger partial charge in [0.2, 0.25) is 0 Å². The minimum absolute atomic E-state index is 0.0139. The van der Waals surface area contributed by atoms with Crippen LogP contribution in [0.2, 0.25) is 0 Å². The molecule has 0 heterocycles. The van der Waals surface area contributed by atoms with Gasteiger partial charge in [-0.15, -0.1) is 0 Å². The monoisotopic (exact) mass is 424 g/mol. The van der Waals surface area contributed by atoms with Crippen LogP contribution in [-0.4, -0.2) is 6.10 Å². The predicted molar refractivity (Wildman–Crippen MR) is 143 cm³/mol. The summed E-state index contributed by atoms with van der Waals surface area (Å²) < 4.78 is 5.98. The van der Waals surface area contributed by atoms with Crippen LogP contribution in [0.3, 0.4) is 0 Å². The summed E-state index contributed by atoms with van der Waals surface area (Å²) in [6.45, 7) is 33.3. The fourth-order valence-electron chi connectivity index (χ4n) is 2.03. The van der Waals surface area contributed by atoms with Gasteiger partial charge in [-0.05, 0) is 78.8 Å². The van der Waals surface area contributed by atoms with Crippen LogP contribution in [0.25, 0.3) is 12.7 Å². The molecular formula is C30H48O. The number of hydrogen-bond donors (Lipinski definition) is 0. The van der Waals surface area contributed by atoms with Crippen LogP contribution in [0.5, 0.6) is 5.75 Å². The van der Waals surface area contributed by atoms with Crippen LogP contribution in [0, 0.1) is 30.1 Å². The molecule has 1 rings (SSSR count). The maximum absolute atomic E-state index is 5.98. The molecule has 0 N–H and O–H groups in total. The normalized spacial score (nSPS) is 12.5. The second kappa shape index (κ2) is 15.6. The van der Waals surface area contributed by atoms with Crippen molar-refractivity contribution in [2.75, 3.05) is 0 Å². The second-order valence-electron chi connectivity index (χ2n) is 9.70. The average molecular weight is 425 g/mol. The number of ether oxygens (including phenoxy) is 1. The molecule has 0 aliphatic rings. The lowest BCUT2D eigenvalue weighted by atomic mass is 10.0. The Labute approximate surface area is 194 Å². The number of rotatable bonds is 5. The van der Waals surface area contributed by atoms with E-state index in [1.54, 1.807) is 0 Å². The lowest BCUT2D eigenvalue weighted by Crippen LogP contribution is -2.27. The minimum Gasteiger partial charge on any atom is -0.486 e. The van der Waals surface area contributed by atoms with Crippen LogP contribution < -0.4 is 15.2 Å². The fraction of sp³-hybridized carbons (Fsp3) is 0.533. The van der Waals surface area contributed by atoms with Crippen LogP contribution in [-0.2, 0) is 0 Å². The van der Waals surface area contributed by atoms with Crippen molar-refractivity contribution in [2.45, 2.75) is 95.6 Å². The summed E-state index contributed by atoms with van der Waals surface area (Å²) in [4.78, 5) is 0. The number of aryl methyl sites for hydroxylation is 1. The molecule has 31 heavy (non-hydrogen) atoms. The van der Waals surface area contributed by atoms with Crippen LogP contribution in [0.1, 0.15) is 88.1 Å². The molecule has 0 fully saturated rings. The van der Waals surface area contributed by atoms with Crippen LogP contribution in [0.15, 0.2) is 35.9 Å². The van der Waals surface area contributed by atoms with E-state index in [9.17, 15) is 0 Å². The van der Waals surface area contributed by atoms with Crippen LogP contribution in [0.4, 0.5) is 0 Å². The molecular weight excluding hydrogens is 376 g/mol. The first-order chi connectivity index (χ1) is 14.2. The Bertz CT molecular complexity index is 858. The maximum atomic E-state index is 5.98. The van der Waals surface area contributed by atoms with Gasteiger partial charge in [-0.2, -0.15) is 0 Å². The molecule has 0 bridgehead atoms. The molecule has 1 nitrogen and oxygen atoms in total. The van der Waals surface area contributed by atoms with Gasteiger partial charge in [-0.3, -0.25) is 0 Å². The second-order valence-corrected chi connectivity index (χ2v) is 9.70. The summed E-state index contributed by atoms with van der Waals surface area (Å²) in [5.74, 6) is 7.91. The first-order valence-electron chi connectivity index (χ1n) is 11.5. The summed E-state index contributed by atoms with van der Waals surface area (Å²) in [5.41, 5.74) is 3.62. The molecule has 0 aromatic heterocycles. The van der Waals surface area contributed by atoms with Crippen molar-refractivity contribution in [3.63, 3.8) is 0 Å². The zero-order chi connectivity index (χ0) is 24.8. The highest BCUT2D eigenvalue weighted by molar-refractivity contribution is 5.58. The summed E-state index contributed by atoms with van der Waals surface area (Å²) in [7, 11) is 0. The van der Waals surface area contributed by atoms with E-state index in [2.05, 4.69) is 79.5 Å². The summed E-state index contributed by atoms with van der Waals surface area (Å²) in [6.07, 6.45) is 5.01. The smallest absolute Gasteiger partial charge is 0.121 e. The Morgan fingerprint density at radius 2 is 1.65 bits per heavy atom. The van der Waals surface area contributed by atoms with Crippen molar-refractivity contribution in [3.05, 3.63) is 51.9 Å². The Balaban J connectivity index is 0. The van der Waals surface area contributed by atoms with E-state index >= 15 is 0 Å². The van der Waals surface area contributed by atoms with E-state index in [0.29, 0.717) is 11.3 Å². The highest BCUT2D eigenvalue weighted by Gasteiger charge is 2.05. The standard InChI is InChI=1S/C23H30O.C5H12.C2H6/c1-9-21(12-10-11-16(2)3)14-22-15-23(13-18(6)19(22)7)24-20(8)17(4)5;1-5(2,3)4;1-2/h9,13-16,20H,4,7,11H2,1-3,5-6,8H3;1-4H3;1-2H3/b21-9-,22-14-;;. The topological polar surface area (TPSA) is 9.23 Å². The number of hydrogen-bond acceptors (Lipinski definition) is 1. The van der Waals surface area contributed by atoms with Gasteiger partial charge in [0.25, 0.3) is 0 Å². The van der Waals surface area contributed by atoms with Gasteiger partial charge in [-0.25, -0.2) is 0 Å². The SMILES string of the molecule is C=C(C)C(C)Oc1cc(C)c(=C)/c(=C\C(C#CCC(C)C)=C/C)c1.CC.CC(C)(C)C. The van der Waals surface area contributed by atoms with Gasteiger partial charge in [0, 0.05) is 12.0 Å². The molecule has 1 heteroatoms. The first kappa shape index (κ1) is 31.0. The van der Waals surface area contributed by atoms with Gasteiger partial charge in [0.1, 0.15) is 11.9 Å². The first-order valence-corrected chi connectivity index (χ1v) is 11.5. The number of benzene rings is 1. The van der Waals surface area contributed by atoms with Gasteiger partial charge >= 0.3 is 0 Å². The van der Waals surface area contributed by atoms with E-state index in [4.69, 9.17) is 4.74 Å². The van der Waals surface area contributed by atoms with Crippen LogP contribution >= 0.6 is 0 Å². The number of allylic oxidation sites excluding steroid dienone is 2. The Morgan fingerprint density at radius 1 is 1.13 bits per heavy atom.